The molecular formula is C31H53N2O8PS. The van der Waals surface area contributed by atoms with Crippen LogP contribution in [0.15, 0.2) is 12.2 Å². The van der Waals surface area contributed by atoms with Crippen LogP contribution in [-0.4, -0.2) is 79.5 Å². The molecule has 10 nitrogen and oxygen atoms in total. The summed E-state index contributed by atoms with van der Waals surface area (Å²) in [5.41, 5.74) is 0.121. The summed E-state index contributed by atoms with van der Waals surface area (Å²) in [5, 5.41) is -2.05. The van der Waals surface area contributed by atoms with Crippen LogP contribution in [0.5, 0.6) is 0 Å². The van der Waals surface area contributed by atoms with Crippen molar-refractivity contribution in [2.24, 2.45) is 10.8 Å². The number of amides is 4. The lowest BCUT2D eigenvalue weighted by Gasteiger charge is -2.45. The van der Waals surface area contributed by atoms with Gasteiger partial charge < -0.3 is 14.2 Å². The Balaban J connectivity index is 1.92. The first-order chi connectivity index (χ1) is 19.6. The Morgan fingerprint density at radius 1 is 0.977 bits per heavy atom. The molecule has 2 heterocycles. The minimum absolute atomic E-state index is 0.00730. The number of imide groups is 2. The fraction of sp³-hybridized carbons (Fsp3) is 0.806. The van der Waals surface area contributed by atoms with E-state index < -0.39 is 40.9 Å². The number of rotatable bonds is 18. The lowest BCUT2D eigenvalue weighted by molar-refractivity contribution is -0.142. The van der Waals surface area contributed by atoms with Crippen LogP contribution >= 0.6 is 19.4 Å². The Morgan fingerprint density at radius 2 is 1.53 bits per heavy atom. The minimum atomic E-state index is -4.20. The molecule has 4 atom stereocenters. The molecule has 4 unspecified atom stereocenters. The zero-order chi connectivity index (χ0) is 33.0. The van der Waals surface area contributed by atoms with E-state index in [2.05, 4.69) is 34.6 Å². The largest absolute Gasteiger partial charge is 0.363 e. The van der Waals surface area contributed by atoms with E-state index in [1.165, 1.54) is 11.8 Å². The number of ether oxygens (including phenoxy) is 1. The average Bonchev–Trinajstić information content (AvgIpc) is 3.32. The second kappa shape index (κ2) is 14.3. The van der Waals surface area contributed by atoms with Gasteiger partial charge in [0, 0.05) is 43.0 Å². The normalized spacial score (nSPS) is 22.0. The Hall–Kier alpha value is -1.52. The third-order valence-corrected chi connectivity index (χ3v) is 12.9. The molecule has 4 amide bonds. The minimum Gasteiger partial charge on any atom is -0.363 e. The summed E-state index contributed by atoms with van der Waals surface area (Å²) in [6, 6.07) is 0. The predicted molar refractivity (Wildman–Crippen MR) is 169 cm³/mol. The van der Waals surface area contributed by atoms with Crippen molar-refractivity contribution in [3.05, 3.63) is 12.2 Å². The quantitative estimate of drug-likeness (QED) is 0.143. The molecule has 0 aliphatic carbocycles. The van der Waals surface area contributed by atoms with E-state index in [0.717, 1.165) is 47.6 Å². The SMILES string of the molecule is CCCC(C)(CC)C(C)(C)CCOC(C)(C)P(=O)(O)OC(C)CC(C)(C)SC1CC(=O)N(CCN2C(=O)C=CC2=O)C1=O. The molecule has 43 heavy (non-hydrogen) atoms. The summed E-state index contributed by atoms with van der Waals surface area (Å²) < 4.78 is 24.6. The monoisotopic (exact) mass is 644 g/mol. The van der Waals surface area contributed by atoms with E-state index in [4.69, 9.17) is 9.26 Å². The molecule has 0 aromatic rings. The molecule has 0 saturated carbocycles. The molecule has 0 bridgehead atoms. The summed E-state index contributed by atoms with van der Waals surface area (Å²) >= 11 is 1.32. The molecule has 2 aliphatic heterocycles. The Bertz CT molecular complexity index is 1120. The van der Waals surface area contributed by atoms with Gasteiger partial charge in [-0.3, -0.25) is 33.5 Å². The summed E-state index contributed by atoms with van der Waals surface area (Å²) in [4.78, 5) is 62.3. The van der Waals surface area contributed by atoms with Crippen molar-refractivity contribution in [3.63, 3.8) is 0 Å². The highest BCUT2D eigenvalue weighted by Crippen LogP contribution is 2.58. The smallest absolute Gasteiger partial charge is 0.359 e. The highest BCUT2D eigenvalue weighted by Gasteiger charge is 2.46. The van der Waals surface area contributed by atoms with Crippen LogP contribution in [0.2, 0.25) is 0 Å². The molecule has 246 valence electrons. The molecule has 0 aromatic carbocycles. The summed E-state index contributed by atoms with van der Waals surface area (Å²) in [6.45, 7) is 20.1. The van der Waals surface area contributed by atoms with Gasteiger partial charge in [-0.1, -0.05) is 61.3 Å². The van der Waals surface area contributed by atoms with Gasteiger partial charge in [-0.05, 0) is 50.9 Å². The summed E-state index contributed by atoms with van der Waals surface area (Å²) in [7, 11) is -4.20. The van der Waals surface area contributed by atoms with Crippen LogP contribution < -0.4 is 0 Å². The first-order valence-corrected chi connectivity index (χ1v) is 17.8. The maximum absolute atomic E-state index is 13.4. The number of carbonyl (C=O) groups excluding carboxylic acids is 4. The number of carbonyl (C=O) groups is 4. The molecule has 0 radical (unpaired) electrons. The molecule has 12 heteroatoms. The average molecular weight is 645 g/mol. The van der Waals surface area contributed by atoms with Crippen molar-refractivity contribution < 1.29 is 37.9 Å². The molecule has 1 saturated heterocycles. The third kappa shape index (κ3) is 9.25. The first kappa shape index (κ1) is 37.7. The van der Waals surface area contributed by atoms with Crippen molar-refractivity contribution in [2.75, 3.05) is 19.7 Å². The Morgan fingerprint density at radius 3 is 2.07 bits per heavy atom. The van der Waals surface area contributed by atoms with Gasteiger partial charge in [-0.2, -0.15) is 0 Å². The lowest BCUT2D eigenvalue weighted by Crippen LogP contribution is -2.41. The standard InChI is InChI=1S/C31H53N2O8PS/c1-11-15-31(10,12-2)28(4,5)16-19-40-30(8,9)42(38,39)41-22(3)21-29(6,7)43-23-20-26(36)33(27(23)37)18-17-32-24(34)13-14-25(32)35/h13-14,22-23H,11-12,15-21H2,1-10H3,(H,38,39). The summed E-state index contributed by atoms with van der Waals surface area (Å²) in [6.07, 6.45) is 6.03. The first-order valence-electron chi connectivity index (χ1n) is 15.3. The second-order valence-corrected chi connectivity index (χ2v) is 18.1. The number of nitrogens with zero attached hydrogens (tertiary/aromatic N) is 2. The van der Waals surface area contributed by atoms with Crippen LogP contribution in [-0.2, 0) is 33.0 Å². The van der Waals surface area contributed by atoms with Crippen LogP contribution in [0, 0.1) is 10.8 Å². The van der Waals surface area contributed by atoms with Gasteiger partial charge in [-0.25, -0.2) is 0 Å². The maximum Gasteiger partial charge on any atom is 0.359 e. The van der Waals surface area contributed by atoms with Crippen LogP contribution in [0.4, 0.5) is 0 Å². The Kier molecular flexibility index (Phi) is 12.5. The van der Waals surface area contributed by atoms with E-state index in [0.29, 0.717) is 13.0 Å². The fourth-order valence-corrected chi connectivity index (χ4v) is 8.48. The van der Waals surface area contributed by atoms with Crippen LogP contribution in [0.1, 0.15) is 108 Å². The second-order valence-electron chi connectivity index (χ2n) is 13.8. The number of likely N-dealkylation sites (tertiary alicyclic amines) is 1. The molecule has 0 spiro atoms. The van der Waals surface area contributed by atoms with Gasteiger partial charge >= 0.3 is 7.60 Å². The number of thioether (sulfide) groups is 1. The fourth-order valence-electron chi connectivity index (χ4n) is 5.85. The molecule has 0 aromatic heterocycles. The zero-order valence-corrected chi connectivity index (χ0v) is 29.4. The predicted octanol–water partition coefficient (Wildman–Crippen LogP) is 5.92. The van der Waals surface area contributed by atoms with Gasteiger partial charge in [-0.15, -0.1) is 11.8 Å². The highest BCUT2D eigenvalue weighted by atomic mass is 32.2. The zero-order valence-electron chi connectivity index (χ0n) is 27.7. The van der Waals surface area contributed by atoms with E-state index in [1.807, 2.05) is 13.8 Å². The maximum atomic E-state index is 13.4. The molecule has 2 aliphatic rings. The van der Waals surface area contributed by atoms with Gasteiger partial charge in [0.15, 0.2) is 5.34 Å². The molecular weight excluding hydrogens is 591 g/mol. The van der Waals surface area contributed by atoms with Gasteiger partial charge in [0.2, 0.25) is 11.8 Å². The van der Waals surface area contributed by atoms with Gasteiger partial charge in [0.25, 0.3) is 11.8 Å². The van der Waals surface area contributed by atoms with E-state index in [-0.39, 0.29) is 42.2 Å². The van der Waals surface area contributed by atoms with Crippen molar-refractivity contribution in [1.82, 2.24) is 9.80 Å². The molecule has 1 N–H and O–H groups in total. The van der Waals surface area contributed by atoms with Gasteiger partial charge in [0.05, 0.1) is 11.4 Å². The van der Waals surface area contributed by atoms with Crippen LogP contribution in [0.25, 0.3) is 0 Å². The number of hydrogen-bond donors (Lipinski definition) is 1. The van der Waals surface area contributed by atoms with E-state index >= 15 is 0 Å². The molecule has 1 fully saturated rings. The van der Waals surface area contributed by atoms with Crippen molar-refractivity contribution >= 4 is 43.0 Å². The highest BCUT2D eigenvalue weighted by molar-refractivity contribution is 8.02. The Labute approximate surface area is 262 Å². The van der Waals surface area contributed by atoms with Crippen molar-refractivity contribution in [2.45, 2.75) is 129 Å². The number of hydrogen-bond acceptors (Lipinski definition) is 8. The van der Waals surface area contributed by atoms with Crippen molar-refractivity contribution in [1.29, 1.82) is 0 Å². The lowest BCUT2D eigenvalue weighted by atomic mass is 9.61. The summed E-state index contributed by atoms with van der Waals surface area (Å²) in [5.74, 6) is -1.65. The van der Waals surface area contributed by atoms with Crippen molar-refractivity contribution in [3.8, 4) is 0 Å². The van der Waals surface area contributed by atoms with Gasteiger partial charge in [0.1, 0.15) is 0 Å². The van der Waals surface area contributed by atoms with E-state index in [9.17, 15) is 28.6 Å². The third-order valence-electron chi connectivity index (χ3n) is 9.29. The topological polar surface area (TPSA) is 131 Å². The molecule has 2 rings (SSSR count). The van der Waals surface area contributed by atoms with Crippen LogP contribution in [0.3, 0.4) is 0 Å². The van der Waals surface area contributed by atoms with E-state index in [1.54, 1.807) is 20.8 Å².